The van der Waals surface area contributed by atoms with Crippen molar-refractivity contribution in [1.29, 1.82) is 0 Å². The van der Waals surface area contributed by atoms with E-state index in [0.29, 0.717) is 37.2 Å². The number of amides is 1. The van der Waals surface area contributed by atoms with Crippen LogP contribution in [0.3, 0.4) is 0 Å². The average Bonchev–Trinajstić information content (AvgIpc) is 2.95. The van der Waals surface area contributed by atoms with Gasteiger partial charge in [0.05, 0.1) is 18.1 Å². The topological polar surface area (TPSA) is 120 Å². The molecule has 2 aliphatic rings. The first kappa shape index (κ1) is 19.9. The highest BCUT2D eigenvalue weighted by molar-refractivity contribution is 7.89. The van der Waals surface area contributed by atoms with Gasteiger partial charge < -0.3 is 20.5 Å². The normalized spacial score (nSPS) is 22.3. The van der Waals surface area contributed by atoms with Crippen molar-refractivity contribution >= 4 is 15.9 Å². The Balaban J connectivity index is 1.52. The maximum atomic E-state index is 12.5. The zero-order valence-electron chi connectivity index (χ0n) is 15.3. The molecule has 0 saturated heterocycles. The second-order valence-corrected chi connectivity index (χ2v) is 8.67. The summed E-state index contributed by atoms with van der Waals surface area (Å²) in [6.07, 6.45) is 3.84. The molecular weight excluding hydrogens is 370 g/mol. The number of carbonyl (C=O) groups excluding carboxylic acids is 1. The van der Waals surface area contributed by atoms with E-state index in [4.69, 9.17) is 15.2 Å². The number of nitrogens with one attached hydrogen (secondary N) is 2. The Kier molecular flexibility index (Phi) is 6.56. The third kappa shape index (κ3) is 5.12. The third-order valence-corrected chi connectivity index (χ3v) is 6.44. The van der Waals surface area contributed by atoms with Crippen molar-refractivity contribution < 1.29 is 22.7 Å². The van der Waals surface area contributed by atoms with Gasteiger partial charge in [-0.1, -0.05) is 6.42 Å². The highest BCUT2D eigenvalue weighted by Gasteiger charge is 2.27. The van der Waals surface area contributed by atoms with Gasteiger partial charge in [-0.2, -0.15) is 0 Å². The number of rotatable bonds is 7. The van der Waals surface area contributed by atoms with E-state index in [1.54, 1.807) is 6.07 Å². The molecule has 1 aliphatic heterocycles. The summed E-state index contributed by atoms with van der Waals surface area (Å²) in [4.78, 5) is 12.2. The molecule has 2 atom stereocenters. The van der Waals surface area contributed by atoms with E-state index in [2.05, 4.69) is 10.0 Å². The molecule has 9 heteroatoms. The van der Waals surface area contributed by atoms with Crippen LogP contribution in [-0.2, 0) is 14.8 Å². The first-order valence-electron chi connectivity index (χ1n) is 9.38. The maximum Gasteiger partial charge on any atom is 0.240 e. The van der Waals surface area contributed by atoms with E-state index in [9.17, 15) is 13.2 Å². The molecule has 8 nitrogen and oxygen atoms in total. The minimum atomic E-state index is -3.73. The second kappa shape index (κ2) is 8.90. The van der Waals surface area contributed by atoms with E-state index in [0.717, 1.165) is 25.7 Å². The Morgan fingerprint density at radius 1 is 1.15 bits per heavy atom. The Hall–Kier alpha value is -1.84. The predicted molar refractivity (Wildman–Crippen MR) is 100 cm³/mol. The Bertz CT molecular complexity index is 768. The van der Waals surface area contributed by atoms with Crippen LogP contribution in [0.2, 0.25) is 0 Å². The maximum absolute atomic E-state index is 12.5. The monoisotopic (exact) mass is 397 g/mol. The number of benzene rings is 1. The number of nitrogens with two attached hydrogens (primary N) is 1. The van der Waals surface area contributed by atoms with Crippen molar-refractivity contribution in [3.63, 3.8) is 0 Å². The largest absolute Gasteiger partial charge is 0.490 e. The van der Waals surface area contributed by atoms with Crippen LogP contribution < -0.4 is 25.2 Å². The van der Waals surface area contributed by atoms with Gasteiger partial charge >= 0.3 is 0 Å². The Morgan fingerprint density at radius 3 is 2.70 bits per heavy atom. The van der Waals surface area contributed by atoms with Crippen LogP contribution in [0, 0.1) is 5.92 Å². The van der Waals surface area contributed by atoms with Crippen LogP contribution in [-0.4, -0.2) is 46.7 Å². The van der Waals surface area contributed by atoms with Crippen molar-refractivity contribution in [3.05, 3.63) is 18.2 Å². The van der Waals surface area contributed by atoms with Gasteiger partial charge in [-0.05, 0) is 37.4 Å². The number of sulfonamides is 1. The molecule has 1 heterocycles. The van der Waals surface area contributed by atoms with Crippen molar-refractivity contribution in [3.8, 4) is 11.5 Å². The molecule has 150 valence electrons. The molecule has 0 aromatic heterocycles. The molecule has 3 rings (SSSR count). The average molecular weight is 397 g/mol. The number of carbonyl (C=O) groups is 1. The van der Waals surface area contributed by atoms with Gasteiger partial charge in [0.15, 0.2) is 11.5 Å². The molecule has 1 aliphatic carbocycles. The lowest BCUT2D eigenvalue weighted by molar-refractivity contribution is -0.121. The molecule has 1 saturated carbocycles. The lowest BCUT2D eigenvalue weighted by Crippen LogP contribution is -2.41. The van der Waals surface area contributed by atoms with Crippen molar-refractivity contribution in [2.75, 3.05) is 26.3 Å². The Labute approximate surface area is 159 Å². The molecule has 0 spiro atoms. The molecule has 4 N–H and O–H groups in total. The number of fused-ring (bicyclic) bond motifs is 1. The molecule has 1 aromatic carbocycles. The fourth-order valence-electron chi connectivity index (χ4n) is 3.48. The first-order chi connectivity index (χ1) is 13.0. The van der Waals surface area contributed by atoms with Crippen molar-refractivity contribution in [2.24, 2.45) is 11.7 Å². The minimum Gasteiger partial charge on any atom is -0.490 e. The summed E-state index contributed by atoms with van der Waals surface area (Å²) >= 11 is 0. The number of hydrogen-bond donors (Lipinski definition) is 3. The van der Waals surface area contributed by atoms with Gasteiger partial charge in [-0.15, -0.1) is 0 Å². The SMILES string of the molecule is NCC1CCCC1NC(=O)CCNS(=O)(=O)c1ccc2c(c1)OCCCO2. The molecule has 0 bridgehead atoms. The van der Waals surface area contributed by atoms with E-state index in [-0.39, 0.29) is 29.8 Å². The minimum absolute atomic E-state index is 0.0304. The second-order valence-electron chi connectivity index (χ2n) is 6.91. The zero-order chi connectivity index (χ0) is 19.3. The van der Waals surface area contributed by atoms with Crippen LogP contribution in [0.25, 0.3) is 0 Å². The van der Waals surface area contributed by atoms with E-state index < -0.39 is 10.0 Å². The van der Waals surface area contributed by atoms with Crippen LogP contribution in [0.4, 0.5) is 0 Å². The number of hydrogen-bond acceptors (Lipinski definition) is 6. The fourth-order valence-corrected chi connectivity index (χ4v) is 4.53. The summed E-state index contributed by atoms with van der Waals surface area (Å²) < 4.78 is 38.5. The summed E-state index contributed by atoms with van der Waals surface area (Å²) in [5.41, 5.74) is 5.72. The predicted octanol–water partition coefficient (Wildman–Crippen LogP) is 0.760. The summed E-state index contributed by atoms with van der Waals surface area (Å²) in [5.74, 6) is 1.10. The van der Waals surface area contributed by atoms with Gasteiger partial charge in [0.2, 0.25) is 15.9 Å². The first-order valence-corrected chi connectivity index (χ1v) is 10.9. The van der Waals surface area contributed by atoms with E-state index >= 15 is 0 Å². The van der Waals surface area contributed by atoms with Gasteiger partial charge in [0.25, 0.3) is 0 Å². The fraction of sp³-hybridized carbons (Fsp3) is 0.611. The van der Waals surface area contributed by atoms with Crippen molar-refractivity contribution in [1.82, 2.24) is 10.0 Å². The quantitative estimate of drug-likeness (QED) is 0.625. The molecule has 1 amide bonds. The molecule has 2 unspecified atom stereocenters. The number of ether oxygens (including phenoxy) is 2. The molecule has 27 heavy (non-hydrogen) atoms. The summed E-state index contributed by atoms with van der Waals surface area (Å²) in [7, 11) is -3.73. The van der Waals surface area contributed by atoms with Crippen LogP contribution in [0.5, 0.6) is 11.5 Å². The summed E-state index contributed by atoms with van der Waals surface area (Å²) in [5, 5.41) is 2.96. The smallest absolute Gasteiger partial charge is 0.240 e. The van der Waals surface area contributed by atoms with E-state index in [1.807, 2.05) is 0 Å². The summed E-state index contributed by atoms with van der Waals surface area (Å²) in [6, 6.07) is 4.61. The summed E-state index contributed by atoms with van der Waals surface area (Å²) in [6.45, 7) is 1.61. The van der Waals surface area contributed by atoms with Gasteiger partial charge in [-0.3, -0.25) is 4.79 Å². The van der Waals surface area contributed by atoms with Gasteiger partial charge in [-0.25, -0.2) is 13.1 Å². The highest BCUT2D eigenvalue weighted by Crippen LogP contribution is 2.31. The van der Waals surface area contributed by atoms with Gasteiger partial charge in [0, 0.05) is 31.5 Å². The standard InChI is InChI=1S/C18H27N3O5S/c19-12-13-3-1-4-15(13)21-18(22)7-8-20-27(23,24)14-5-6-16-17(11-14)26-10-2-9-25-16/h5-6,11,13,15,20H,1-4,7-10,12,19H2,(H,21,22). The Morgan fingerprint density at radius 2 is 1.93 bits per heavy atom. The third-order valence-electron chi connectivity index (χ3n) is 4.98. The lowest BCUT2D eigenvalue weighted by Gasteiger charge is -2.19. The zero-order valence-corrected chi connectivity index (χ0v) is 16.1. The van der Waals surface area contributed by atoms with Crippen LogP contribution in [0.1, 0.15) is 32.1 Å². The van der Waals surface area contributed by atoms with Gasteiger partial charge in [0.1, 0.15) is 0 Å². The molecule has 1 fully saturated rings. The molecule has 1 aromatic rings. The highest BCUT2D eigenvalue weighted by atomic mass is 32.2. The molecular formula is C18H27N3O5S. The van der Waals surface area contributed by atoms with Crippen molar-refractivity contribution in [2.45, 2.75) is 43.0 Å². The molecule has 0 radical (unpaired) electrons. The van der Waals surface area contributed by atoms with E-state index in [1.165, 1.54) is 12.1 Å². The van der Waals surface area contributed by atoms with Crippen LogP contribution in [0.15, 0.2) is 23.1 Å². The lowest BCUT2D eigenvalue weighted by atomic mass is 10.0. The van der Waals surface area contributed by atoms with Crippen LogP contribution >= 0.6 is 0 Å².